The van der Waals surface area contributed by atoms with Crippen molar-refractivity contribution in [1.82, 2.24) is 14.5 Å². The van der Waals surface area contributed by atoms with Gasteiger partial charge in [-0.05, 0) is 25.0 Å². The van der Waals surface area contributed by atoms with Crippen molar-refractivity contribution in [3.05, 3.63) is 41.6 Å². The van der Waals surface area contributed by atoms with Crippen molar-refractivity contribution in [3.63, 3.8) is 0 Å². The van der Waals surface area contributed by atoms with E-state index in [2.05, 4.69) is 15.3 Å². The van der Waals surface area contributed by atoms with Gasteiger partial charge in [0.15, 0.2) is 0 Å². The van der Waals surface area contributed by atoms with Gasteiger partial charge in [0.05, 0.1) is 11.9 Å². The third-order valence-electron chi connectivity index (χ3n) is 2.75. The first-order valence-corrected chi connectivity index (χ1v) is 6.63. The summed E-state index contributed by atoms with van der Waals surface area (Å²) in [7, 11) is 0. The highest BCUT2D eigenvalue weighted by atomic mass is 35.5. The average Bonchev–Trinajstić information content (AvgIpc) is 2.91. The molecule has 2 rings (SSSR count). The number of imidazole rings is 1. The summed E-state index contributed by atoms with van der Waals surface area (Å²) in [5.41, 5.74) is 0.130. The Balaban J connectivity index is 1.77. The fraction of sp³-hybridized carbons (Fsp3) is 0.308. The van der Waals surface area contributed by atoms with Gasteiger partial charge in [-0.2, -0.15) is 0 Å². The second kappa shape index (κ2) is 6.91. The van der Waals surface area contributed by atoms with Crippen LogP contribution in [0.4, 0.5) is 5.82 Å². The monoisotopic (exact) mass is 294 g/mol. The minimum Gasteiger partial charge on any atom is -0.478 e. The number of carbonyl (C=O) groups is 1. The normalized spacial score (nSPS) is 10.4. The van der Waals surface area contributed by atoms with Crippen LogP contribution < -0.4 is 5.32 Å². The maximum atomic E-state index is 10.9. The van der Waals surface area contributed by atoms with E-state index in [0.29, 0.717) is 12.4 Å². The second-order valence-electron chi connectivity index (χ2n) is 4.30. The van der Waals surface area contributed by atoms with Crippen LogP contribution in [0.15, 0.2) is 30.9 Å². The van der Waals surface area contributed by atoms with E-state index in [-0.39, 0.29) is 10.7 Å². The number of hydrogen-bond acceptors (Lipinski definition) is 4. The maximum Gasteiger partial charge on any atom is 0.335 e. The molecule has 0 aliphatic carbocycles. The number of aryl methyl sites for hydroxylation is 1. The molecule has 0 aromatic carbocycles. The first kappa shape index (κ1) is 14.3. The highest BCUT2D eigenvalue weighted by Gasteiger charge is 2.07. The Kier molecular flexibility index (Phi) is 4.95. The first-order chi connectivity index (χ1) is 9.65. The predicted octanol–water partition coefficient (Wildman–Crippen LogP) is 2.52. The van der Waals surface area contributed by atoms with Gasteiger partial charge in [-0.25, -0.2) is 14.8 Å². The highest BCUT2D eigenvalue weighted by Crippen LogP contribution is 2.14. The van der Waals surface area contributed by atoms with E-state index >= 15 is 0 Å². The number of nitrogens with one attached hydrogen (secondary N) is 1. The van der Waals surface area contributed by atoms with Gasteiger partial charge in [0.1, 0.15) is 11.0 Å². The largest absolute Gasteiger partial charge is 0.478 e. The molecule has 0 spiro atoms. The maximum absolute atomic E-state index is 10.9. The quantitative estimate of drug-likeness (QED) is 0.606. The van der Waals surface area contributed by atoms with Gasteiger partial charge in [0, 0.05) is 25.5 Å². The molecule has 0 amide bonds. The Hall–Kier alpha value is -2.08. The van der Waals surface area contributed by atoms with E-state index < -0.39 is 5.97 Å². The van der Waals surface area contributed by atoms with Gasteiger partial charge in [-0.3, -0.25) is 0 Å². The summed E-state index contributed by atoms with van der Waals surface area (Å²) < 4.78 is 2.01. The number of carboxylic acid groups (broad SMARTS) is 1. The molecule has 6 nitrogen and oxygen atoms in total. The summed E-state index contributed by atoms with van der Waals surface area (Å²) in [4.78, 5) is 18.9. The molecule has 0 saturated heterocycles. The summed E-state index contributed by atoms with van der Waals surface area (Å²) in [5, 5.41) is 12.2. The Morgan fingerprint density at radius 1 is 1.40 bits per heavy atom. The molecule has 0 fully saturated rings. The SMILES string of the molecule is O=C(O)c1cc(Cl)nc(NCCCCn2ccnc2)c1. The van der Waals surface area contributed by atoms with Gasteiger partial charge in [0.2, 0.25) is 0 Å². The minimum absolute atomic E-state index is 0.130. The van der Waals surface area contributed by atoms with Crippen LogP contribution in [-0.4, -0.2) is 32.2 Å². The topological polar surface area (TPSA) is 80.0 Å². The second-order valence-corrected chi connectivity index (χ2v) is 4.69. The van der Waals surface area contributed by atoms with Crippen molar-refractivity contribution in [3.8, 4) is 0 Å². The number of anilines is 1. The highest BCUT2D eigenvalue weighted by molar-refractivity contribution is 6.29. The molecule has 7 heteroatoms. The van der Waals surface area contributed by atoms with Crippen molar-refractivity contribution < 1.29 is 9.90 Å². The van der Waals surface area contributed by atoms with Crippen LogP contribution in [0.5, 0.6) is 0 Å². The summed E-state index contributed by atoms with van der Waals surface area (Å²) in [6, 6.07) is 2.80. The molecule has 0 aliphatic heterocycles. The van der Waals surface area contributed by atoms with Gasteiger partial charge in [-0.15, -0.1) is 0 Å². The van der Waals surface area contributed by atoms with Crippen molar-refractivity contribution in [2.24, 2.45) is 0 Å². The van der Waals surface area contributed by atoms with E-state index in [1.165, 1.54) is 12.1 Å². The molecule has 106 valence electrons. The van der Waals surface area contributed by atoms with Crippen LogP contribution >= 0.6 is 11.6 Å². The number of unbranched alkanes of at least 4 members (excludes halogenated alkanes) is 1. The van der Waals surface area contributed by atoms with Crippen LogP contribution in [0.3, 0.4) is 0 Å². The van der Waals surface area contributed by atoms with E-state index in [1.54, 1.807) is 12.5 Å². The summed E-state index contributed by atoms with van der Waals surface area (Å²) in [6.07, 6.45) is 7.39. The molecule has 0 bridgehead atoms. The van der Waals surface area contributed by atoms with Crippen molar-refractivity contribution in [2.75, 3.05) is 11.9 Å². The Morgan fingerprint density at radius 3 is 2.95 bits per heavy atom. The molecular weight excluding hydrogens is 280 g/mol. The molecular formula is C13H15ClN4O2. The fourth-order valence-corrected chi connectivity index (χ4v) is 1.97. The Labute approximate surface area is 121 Å². The fourth-order valence-electron chi connectivity index (χ4n) is 1.77. The lowest BCUT2D eigenvalue weighted by atomic mass is 10.2. The lowest BCUT2D eigenvalue weighted by Crippen LogP contribution is -2.07. The number of carboxylic acids is 1. The van der Waals surface area contributed by atoms with E-state index in [1.807, 2.05) is 10.8 Å². The van der Waals surface area contributed by atoms with Gasteiger partial charge >= 0.3 is 5.97 Å². The summed E-state index contributed by atoms with van der Waals surface area (Å²) >= 11 is 5.78. The number of aromatic carboxylic acids is 1. The van der Waals surface area contributed by atoms with Crippen molar-refractivity contribution in [1.29, 1.82) is 0 Å². The zero-order chi connectivity index (χ0) is 14.4. The van der Waals surface area contributed by atoms with Crippen LogP contribution in [0.25, 0.3) is 0 Å². The zero-order valence-corrected chi connectivity index (χ0v) is 11.5. The van der Waals surface area contributed by atoms with Crippen molar-refractivity contribution >= 4 is 23.4 Å². The lowest BCUT2D eigenvalue weighted by Gasteiger charge is -2.07. The van der Waals surface area contributed by atoms with Gasteiger partial charge in [0.25, 0.3) is 0 Å². The van der Waals surface area contributed by atoms with Crippen LogP contribution in [0, 0.1) is 0 Å². The van der Waals surface area contributed by atoms with E-state index in [4.69, 9.17) is 16.7 Å². The number of aromatic nitrogens is 3. The van der Waals surface area contributed by atoms with Crippen LogP contribution in [0.1, 0.15) is 23.2 Å². The Bertz CT molecular complexity index is 572. The van der Waals surface area contributed by atoms with E-state index in [0.717, 1.165) is 19.4 Å². The lowest BCUT2D eigenvalue weighted by molar-refractivity contribution is 0.0697. The van der Waals surface area contributed by atoms with Crippen LogP contribution in [0.2, 0.25) is 5.15 Å². The standard InChI is InChI=1S/C13H15ClN4O2/c14-11-7-10(13(19)20)8-12(17-11)16-3-1-2-5-18-6-4-15-9-18/h4,6-9H,1-3,5H2,(H,16,17)(H,19,20). The first-order valence-electron chi connectivity index (χ1n) is 6.25. The minimum atomic E-state index is -1.02. The van der Waals surface area contributed by atoms with E-state index in [9.17, 15) is 4.79 Å². The van der Waals surface area contributed by atoms with Crippen LogP contribution in [-0.2, 0) is 6.54 Å². The number of pyridine rings is 1. The predicted molar refractivity (Wildman–Crippen MR) is 76.2 cm³/mol. The molecule has 0 unspecified atom stereocenters. The van der Waals surface area contributed by atoms with Gasteiger partial charge in [-0.1, -0.05) is 11.6 Å². The number of hydrogen-bond donors (Lipinski definition) is 2. The molecule has 20 heavy (non-hydrogen) atoms. The zero-order valence-electron chi connectivity index (χ0n) is 10.8. The third-order valence-corrected chi connectivity index (χ3v) is 2.94. The molecule has 2 heterocycles. The number of halogens is 1. The third kappa shape index (κ3) is 4.24. The molecule has 2 aromatic rings. The smallest absolute Gasteiger partial charge is 0.335 e. The summed E-state index contributed by atoms with van der Waals surface area (Å²) in [6.45, 7) is 1.62. The average molecular weight is 295 g/mol. The molecule has 0 radical (unpaired) electrons. The molecule has 0 aliphatic rings. The van der Waals surface area contributed by atoms with Gasteiger partial charge < -0.3 is 15.0 Å². The summed E-state index contributed by atoms with van der Waals surface area (Å²) in [5.74, 6) is -0.532. The number of nitrogens with zero attached hydrogens (tertiary/aromatic N) is 3. The Morgan fingerprint density at radius 2 is 2.25 bits per heavy atom. The molecule has 0 atom stereocenters. The van der Waals surface area contributed by atoms with Crippen molar-refractivity contribution in [2.45, 2.75) is 19.4 Å². The molecule has 2 N–H and O–H groups in total. The number of rotatable bonds is 7. The molecule has 0 saturated carbocycles. The molecule has 2 aromatic heterocycles.